The Bertz CT molecular complexity index is 1130. The van der Waals surface area contributed by atoms with Crippen LogP contribution in [0.5, 0.6) is 0 Å². The third-order valence-electron chi connectivity index (χ3n) is 6.54. The van der Waals surface area contributed by atoms with Crippen molar-refractivity contribution in [2.24, 2.45) is 0 Å². The molecule has 2 aromatic carbocycles. The highest BCUT2D eigenvalue weighted by atomic mass is 32.2. The molecule has 0 unspecified atom stereocenters. The van der Waals surface area contributed by atoms with Crippen LogP contribution in [-0.4, -0.2) is 62.6 Å². The molecule has 178 valence electrons. The normalized spacial score (nSPS) is 18.6. The van der Waals surface area contributed by atoms with Crippen LogP contribution < -0.4 is 0 Å². The summed E-state index contributed by atoms with van der Waals surface area (Å²) in [7, 11) is -3.79. The lowest BCUT2D eigenvalue weighted by atomic mass is 10.00. The van der Waals surface area contributed by atoms with Gasteiger partial charge >= 0.3 is 6.18 Å². The molecule has 0 atom stereocenters. The number of hydrogen-bond acceptors (Lipinski definition) is 4. The van der Waals surface area contributed by atoms with E-state index in [1.165, 1.54) is 43.2 Å². The molecular weight excluding hydrogens is 453 g/mol. The fourth-order valence-corrected chi connectivity index (χ4v) is 5.67. The molecule has 2 aliphatic rings. The van der Waals surface area contributed by atoms with E-state index in [9.17, 15) is 26.4 Å². The van der Waals surface area contributed by atoms with Crippen molar-refractivity contribution in [2.45, 2.75) is 42.8 Å². The molecule has 4 rings (SSSR count). The molecule has 0 aliphatic carbocycles. The SMILES string of the molecule is CS(=O)(=O)c1cc(-c2cccc(C(F)(F)F)c2)ccc1C(=O)N1CCC(N2CCCC2)CC1. The zero-order chi connectivity index (χ0) is 23.8. The number of rotatable bonds is 4. The molecule has 33 heavy (non-hydrogen) atoms. The monoisotopic (exact) mass is 480 g/mol. The highest BCUT2D eigenvalue weighted by Gasteiger charge is 2.32. The first-order valence-electron chi connectivity index (χ1n) is 11.1. The predicted octanol–water partition coefficient (Wildman–Crippen LogP) is 4.48. The molecule has 2 aromatic rings. The highest BCUT2D eigenvalue weighted by Crippen LogP contribution is 2.33. The minimum absolute atomic E-state index is 0.0628. The molecule has 2 fully saturated rings. The van der Waals surface area contributed by atoms with Crippen molar-refractivity contribution in [2.75, 3.05) is 32.4 Å². The summed E-state index contributed by atoms with van der Waals surface area (Å²) >= 11 is 0. The number of nitrogens with zero attached hydrogens (tertiary/aromatic N) is 2. The van der Waals surface area contributed by atoms with Gasteiger partial charge in [0, 0.05) is 25.4 Å². The summed E-state index contributed by atoms with van der Waals surface area (Å²) in [6.07, 6.45) is 0.607. The second-order valence-corrected chi connectivity index (χ2v) is 10.8. The Morgan fingerprint density at radius 1 is 0.939 bits per heavy atom. The summed E-state index contributed by atoms with van der Waals surface area (Å²) < 4.78 is 64.4. The number of amides is 1. The number of likely N-dealkylation sites (tertiary alicyclic amines) is 2. The number of piperidine rings is 1. The Hall–Kier alpha value is -2.39. The zero-order valence-corrected chi connectivity index (χ0v) is 19.3. The first-order valence-corrected chi connectivity index (χ1v) is 13.0. The van der Waals surface area contributed by atoms with Crippen LogP contribution >= 0.6 is 0 Å². The van der Waals surface area contributed by atoms with E-state index >= 15 is 0 Å². The Morgan fingerprint density at radius 3 is 2.18 bits per heavy atom. The van der Waals surface area contributed by atoms with Crippen LogP contribution in [0.4, 0.5) is 13.2 Å². The van der Waals surface area contributed by atoms with E-state index in [1.807, 2.05) is 0 Å². The van der Waals surface area contributed by atoms with Gasteiger partial charge in [-0.1, -0.05) is 18.2 Å². The second kappa shape index (κ2) is 9.10. The Labute approximate surface area is 192 Å². The molecule has 0 saturated carbocycles. The van der Waals surface area contributed by atoms with E-state index in [2.05, 4.69) is 4.90 Å². The lowest BCUT2D eigenvalue weighted by Gasteiger charge is -2.36. The Morgan fingerprint density at radius 2 is 1.58 bits per heavy atom. The van der Waals surface area contributed by atoms with Gasteiger partial charge in [-0.05, 0) is 74.2 Å². The molecule has 2 aliphatic heterocycles. The van der Waals surface area contributed by atoms with Crippen LogP contribution in [0.2, 0.25) is 0 Å². The summed E-state index contributed by atoms with van der Waals surface area (Å²) in [4.78, 5) is 17.2. The van der Waals surface area contributed by atoms with Crippen molar-refractivity contribution in [3.8, 4) is 11.1 Å². The van der Waals surface area contributed by atoms with Crippen LogP contribution in [0.3, 0.4) is 0 Å². The molecule has 2 saturated heterocycles. The van der Waals surface area contributed by atoms with Crippen LogP contribution in [0.15, 0.2) is 47.4 Å². The number of carbonyl (C=O) groups is 1. The number of benzene rings is 2. The smallest absolute Gasteiger partial charge is 0.338 e. The lowest BCUT2D eigenvalue weighted by molar-refractivity contribution is -0.137. The largest absolute Gasteiger partial charge is 0.416 e. The van der Waals surface area contributed by atoms with E-state index in [0.29, 0.717) is 24.7 Å². The van der Waals surface area contributed by atoms with Crippen molar-refractivity contribution in [1.82, 2.24) is 9.80 Å². The summed E-state index contributed by atoms with van der Waals surface area (Å²) in [5, 5.41) is 0. The summed E-state index contributed by atoms with van der Waals surface area (Å²) in [5.41, 5.74) is -0.208. The maximum Gasteiger partial charge on any atom is 0.416 e. The molecule has 5 nitrogen and oxygen atoms in total. The maximum atomic E-state index is 13.2. The molecule has 9 heteroatoms. The number of hydrogen-bond donors (Lipinski definition) is 0. The topological polar surface area (TPSA) is 57.7 Å². The van der Waals surface area contributed by atoms with Gasteiger partial charge in [-0.3, -0.25) is 4.79 Å². The first kappa shape index (κ1) is 23.8. The van der Waals surface area contributed by atoms with Gasteiger partial charge < -0.3 is 9.80 Å². The Kier molecular flexibility index (Phi) is 6.55. The maximum absolute atomic E-state index is 13.2. The molecule has 0 N–H and O–H groups in total. The summed E-state index contributed by atoms with van der Waals surface area (Å²) in [6.45, 7) is 3.29. The fourth-order valence-electron chi connectivity index (χ4n) is 4.77. The van der Waals surface area contributed by atoms with E-state index in [1.54, 1.807) is 4.90 Å². The number of halogens is 3. The lowest BCUT2D eigenvalue weighted by Crippen LogP contribution is -2.46. The van der Waals surface area contributed by atoms with Gasteiger partial charge in [0.05, 0.1) is 16.0 Å². The van der Waals surface area contributed by atoms with Gasteiger partial charge in [-0.25, -0.2) is 8.42 Å². The predicted molar refractivity (Wildman–Crippen MR) is 120 cm³/mol. The van der Waals surface area contributed by atoms with Gasteiger partial charge in [-0.15, -0.1) is 0 Å². The van der Waals surface area contributed by atoms with Crippen molar-refractivity contribution < 1.29 is 26.4 Å². The third-order valence-corrected chi connectivity index (χ3v) is 7.68. The zero-order valence-electron chi connectivity index (χ0n) is 18.4. The van der Waals surface area contributed by atoms with Crippen molar-refractivity contribution in [3.63, 3.8) is 0 Å². The van der Waals surface area contributed by atoms with Crippen molar-refractivity contribution in [3.05, 3.63) is 53.6 Å². The second-order valence-electron chi connectivity index (χ2n) is 8.83. The number of carbonyl (C=O) groups excluding carboxylic acids is 1. The molecule has 1 amide bonds. The molecule has 0 bridgehead atoms. The van der Waals surface area contributed by atoms with E-state index < -0.39 is 21.6 Å². The fraction of sp³-hybridized carbons (Fsp3) is 0.458. The van der Waals surface area contributed by atoms with Gasteiger partial charge in [-0.2, -0.15) is 13.2 Å². The molecule has 0 aromatic heterocycles. The van der Waals surface area contributed by atoms with E-state index in [0.717, 1.165) is 44.3 Å². The summed E-state index contributed by atoms with van der Waals surface area (Å²) in [6, 6.07) is 9.39. The number of sulfone groups is 1. The quantitative estimate of drug-likeness (QED) is 0.648. The minimum atomic E-state index is -4.51. The number of alkyl halides is 3. The average molecular weight is 481 g/mol. The van der Waals surface area contributed by atoms with Crippen LogP contribution in [-0.2, 0) is 16.0 Å². The average Bonchev–Trinajstić information content (AvgIpc) is 3.32. The van der Waals surface area contributed by atoms with Gasteiger partial charge in [0.15, 0.2) is 9.84 Å². The van der Waals surface area contributed by atoms with Crippen LogP contribution in [0.1, 0.15) is 41.6 Å². The van der Waals surface area contributed by atoms with E-state index in [4.69, 9.17) is 0 Å². The molecule has 0 radical (unpaired) electrons. The third kappa shape index (κ3) is 5.24. The molecule has 0 spiro atoms. The first-order chi connectivity index (χ1) is 15.5. The minimum Gasteiger partial charge on any atom is -0.338 e. The van der Waals surface area contributed by atoms with Gasteiger partial charge in [0.1, 0.15) is 0 Å². The van der Waals surface area contributed by atoms with Crippen molar-refractivity contribution >= 4 is 15.7 Å². The van der Waals surface area contributed by atoms with Gasteiger partial charge in [0.25, 0.3) is 5.91 Å². The van der Waals surface area contributed by atoms with E-state index in [-0.39, 0.29) is 21.9 Å². The standard InChI is InChI=1S/C24H27F3N2O3S/c1-33(31,32)22-16-18(17-5-4-6-19(15-17)24(25,26)27)7-8-21(22)23(30)29-13-9-20(10-14-29)28-11-2-3-12-28/h4-8,15-16,20H,2-3,9-14H2,1H3. The van der Waals surface area contributed by atoms with Gasteiger partial charge in [0.2, 0.25) is 0 Å². The molecular formula is C24H27F3N2O3S. The van der Waals surface area contributed by atoms with Crippen LogP contribution in [0.25, 0.3) is 11.1 Å². The summed E-state index contributed by atoms with van der Waals surface area (Å²) in [5.74, 6) is -0.356. The van der Waals surface area contributed by atoms with Crippen LogP contribution in [0, 0.1) is 0 Å². The Balaban J connectivity index is 1.60. The van der Waals surface area contributed by atoms with Crippen molar-refractivity contribution in [1.29, 1.82) is 0 Å². The highest BCUT2D eigenvalue weighted by molar-refractivity contribution is 7.90. The molecule has 2 heterocycles.